The molecule has 0 saturated heterocycles. The van der Waals surface area contributed by atoms with Gasteiger partial charge in [-0.1, -0.05) is 13.8 Å². The first-order valence-corrected chi connectivity index (χ1v) is 5.34. The van der Waals surface area contributed by atoms with Crippen LogP contribution in [0.5, 0.6) is 0 Å². The van der Waals surface area contributed by atoms with Crippen LogP contribution in [0.2, 0.25) is 0 Å². The summed E-state index contributed by atoms with van der Waals surface area (Å²) in [5, 5.41) is 0. The Morgan fingerprint density at radius 2 is 2.14 bits per heavy atom. The first-order valence-electron chi connectivity index (χ1n) is 5.34. The molecule has 0 unspecified atom stereocenters. The van der Waals surface area contributed by atoms with Crippen LogP contribution < -0.4 is 4.57 Å². The minimum atomic E-state index is 0.665. The van der Waals surface area contributed by atoms with E-state index in [-0.39, 0.29) is 0 Å². The normalized spacial score (nSPS) is 10.5. The molecule has 0 radical (unpaired) electrons. The summed E-state index contributed by atoms with van der Waals surface area (Å²) in [5.74, 6) is 0. The number of ether oxygens (including phenoxy) is 1. The SMILES string of the molecule is CCCOC[n+]1ccc(CC)c(C)c1. The summed E-state index contributed by atoms with van der Waals surface area (Å²) >= 11 is 0. The van der Waals surface area contributed by atoms with Crippen LogP contribution in [-0.4, -0.2) is 6.61 Å². The lowest BCUT2D eigenvalue weighted by molar-refractivity contribution is -0.733. The van der Waals surface area contributed by atoms with E-state index < -0.39 is 0 Å². The van der Waals surface area contributed by atoms with E-state index in [0.29, 0.717) is 6.73 Å². The Morgan fingerprint density at radius 1 is 1.36 bits per heavy atom. The molecule has 78 valence electrons. The Kier molecular flexibility index (Phi) is 4.60. The van der Waals surface area contributed by atoms with Crippen LogP contribution in [0.4, 0.5) is 0 Å². The zero-order chi connectivity index (χ0) is 10.4. The Labute approximate surface area is 86.5 Å². The topological polar surface area (TPSA) is 13.1 Å². The van der Waals surface area contributed by atoms with E-state index in [1.807, 2.05) is 0 Å². The molecule has 0 spiro atoms. The minimum absolute atomic E-state index is 0.665. The molecule has 0 aliphatic heterocycles. The van der Waals surface area contributed by atoms with Gasteiger partial charge in [-0.15, -0.1) is 0 Å². The van der Waals surface area contributed by atoms with Crippen molar-refractivity contribution < 1.29 is 9.30 Å². The Balaban J connectivity index is 2.57. The number of aryl methyl sites for hydroxylation is 2. The Morgan fingerprint density at radius 3 is 2.71 bits per heavy atom. The minimum Gasteiger partial charge on any atom is -0.323 e. The number of aromatic nitrogens is 1. The molecule has 2 heteroatoms. The first kappa shape index (κ1) is 11.2. The van der Waals surface area contributed by atoms with E-state index in [4.69, 9.17) is 4.74 Å². The van der Waals surface area contributed by atoms with Crippen molar-refractivity contribution in [2.75, 3.05) is 6.61 Å². The van der Waals surface area contributed by atoms with E-state index in [1.54, 1.807) is 0 Å². The smallest absolute Gasteiger partial charge is 0.252 e. The first-order chi connectivity index (χ1) is 6.77. The zero-order valence-corrected chi connectivity index (χ0v) is 9.42. The lowest BCUT2D eigenvalue weighted by Crippen LogP contribution is -2.35. The zero-order valence-electron chi connectivity index (χ0n) is 9.42. The lowest BCUT2D eigenvalue weighted by Gasteiger charge is -2.02. The molecule has 0 amide bonds. The number of pyridine rings is 1. The molecule has 1 heterocycles. The third kappa shape index (κ3) is 3.11. The number of hydrogen-bond acceptors (Lipinski definition) is 1. The summed E-state index contributed by atoms with van der Waals surface area (Å²) < 4.78 is 7.55. The standard InChI is InChI=1S/C12H20NO/c1-4-8-14-10-13-7-6-12(5-2)11(3)9-13/h6-7,9H,4-5,8,10H2,1-3H3/q+1. The summed E-state index contributed by atoms with van der Waals surface area (Å²) in [4.78, 5) is 0. The van der Waals surface area contributed by atoms with Crippen LogP contribution in [0.1, 0.15) is 31.4 Å². The van der Waals surface area contributed by atoms with Crippen molar-refractivity contribution in [1.82, 2.24) is 0 Å². The molecular formula is C12H20NO+. The van der Waals surface area contributed by atoms with Crippen molar-refractivity contribution in [3.8, 4) is 0 Å². The Bertz CT molecular complexity index is 284. The van der Waals surface area contributed by atoms with Crippen molar-refractivity contribution in [2.45, 2.75) is 40.3 Å². The van der Waals surface area contributed by atoms with Crippen LogP contribution in [0.15, 0.2) is 18.5 Å². The average Bonchev–Trinajstić information content (AvgIpc) is 2.18. The lowest BCUT2D eigenvalue weighted by atomic mass is 10.1. The van der Waals surface area contributed by atoms with Crippen LogP contribution in [-0.2, 0) is 17.9 Å². The molecule has 1 aromatic heterocycles. The van der Waals surface area contributed by atoms with Gasteiger partial charge in [0.1, 0.15) is 0 Å². The molecule has 0 bridgehead atoms. The molecule has 14 heavy (non-hydrogen) atoms. The van der Waals surface area contributed by atoms with Gasteiger partial charge in [0.2, 0.25) is 0 Å². The molecule has 0 N–H and O–H groups in total. The highest BCUT2D eigenvalue weighted by atomic mass is 16.5. The van der Waals surface area contributed by atoms with Gasteiger partial charge in [0.05, 0.1) is 6.61 Å². The molecule has 0 aromatic carbocycles. The van der Waals surface area contributed by atoms with E-state index in [2.05, 4.69) is 43.8 Å². The second-order valence-electron chi connectivity index (χ2n) is 3.56. The molecule has 1 rings (SSSR count). The second kappa shape index (κ2) is 5.76. The highest BCUT2D eigenvalue weighted by Crippen LogP contribution is 2.03. The summed E-state index contributed by atoms with van der Waals surface area (Å²) in [7, 11) is 0. The van der Waals surface area contributed by atoms with Gasteiger partial charge < -0.3 is 4.74 Å². The number of nitrogens with zero attached hydrogens (tertiary/aromatic N) is 1. The molecular weight excluding hydrogens is 174 g/mol. The largest absolute Gasteiger partial charge is 0.323 e. The average molecular weight is 194 g/mol. The summed E-state index contributed by atoms with van der Waals surface area (Å²) in [6.07, 6.45) is 6.41. The fourth-order valence-electron chi connectivity index (χ4n) is 1.48. The van der Waals surface area contributed by atoms with Gasteiger partial charge in [0.25, 0.3) is 6.73 Å². The van der Waals surface area contributed by atoms with Gasteiger partial charge in [-0.05, 0) is 25.3 Å². The van der Waals surface area contributed by atoms with E-state index in [9.17, 15) is 0 Å². The highest BCUT2D eigenvalue weighted by molar-refractivity contribution is 5.18. The third-order valence-corrected chi connectivity index (χ3v) is 2.30. The van der Waals surface area contributed by atoms with Crippen molar-refractivity contribution in [1.29, 1.82) is 0 Å². The van der Waals surface area contributed by atoms with Crippen LogP contribution in [0.3, 0.4) is 0 Å². The highest BCUT2D eigenvalue weighted by Gasteiger charge is 2.03. The van der Waals surface area contributed by atoms with Crippen molar-refractivity contribution in [2.24, 2.45) is 0 Å². The van der Waals surface area contributed by atoms with Crippen LogP contribution in [0.25, 0.3) is 0 Å². The maximum atomic E-state index is 5.46. The molecule has 2 nitrogen and oxygen atoms in total. The van der Waals surface area contributed by atoms with Gasteiger partial charge in [0.15, 0.2) is 12.4 Å². The number of hydrogen-bond donors (Lipinski definition) is 0. The molecule has 0 aliphatic rings. The van der Waals surface area contributed by atoms with Gasteiger partial charge in [-0.3, -0.25) is 0 Å². The molecule has 0 saturated carbocycles. The van der Waals surface area contributed by atoms with E-state index >= 15 is 0 Å². The summed E-state index contributed by atoms with van der Waals surface area (Å²) in [5.41, 5.74) is 2.76. The maximum absolute atomic E-state index is 5.46. The molecule has 0 fully saturated rings. The predicted octanol–water partition coefficient (Wildman–Crippen LogP) is 2.23. The predicted molar refractivity (Wildman–Crippen MR) is 57.0 cm³/mol. The van der Waals surface area contributed by atoms with Gasteiger partial charge >= 0.3 is 0 Å². The molecule has 1 aromatic rings. The van der Waals surface area contributed by atoms with Gasteiger partial charge in [-0.2, -0.15) is 4.57 Å². The van der Waals surface area contributed by atoms with Crippen molar-refractivity contribution in [3.05, 3.63) is 29.6 Å². The van der Waals surface area contributed by atoms with E-state index in [0.717, 1.165) is 19.4 Å². The molecule has 0 aliphatic carbocycles. The monoisotopic (exact) mass is 194 g/mol. The van der Waals surface area contributed by atoms with Gasteiger partial charge in [-0.25, -0.2) is 0 Å². The maximum Gasteiger partial charge on any atom is 0.252 e. The summed E-state index contributed by atoms with van der Waals surface area (Å²) in [6.45, 7) is 7.95. The Hall–Kier alpha value is -0.890. The third-order valence-electron chi connectivity index (χ3n) is 2.30. The fraction of sp³-hybridized carbons (Fsp3) is 0.583. The summed E-state index contributed by atoms with van der Waals surface area (Å²) in [6, 6.07) is 2.17. The van der Waals surface area contributed by atoms with Crippen LogP contribution >= 0.6 is 0 Å². The number of rotatable bonds is 5. The van der Waals surface area contributed by atoms with E-state index in [1.165, 1.54) is 11.1 Å². The van der Waals surface area contributed by atoms with Crippen molar-refractivity contribution >= 4 is 0 Å². The second-order valence-corrected chi connectivity index (χ2v) is 3.56. The van der Waals surface area contributed by atoms with Gasteiger partial charge in [0, 0.05) is 11.6 Å². The van der Waals surface area contributed by atoms with Crippen molar-refractivity contribution in [3.63, 3.8) is 0 Å². The molecule has 0 atom stereocenters. The fourth-order valence-corrected chi connectivity index (χ4v) is 1.48. The quantitative estimate of drug-likeness (QED) is 0.517. The van der Waals surface area contributed by atoms with Crippen LogP contribution in [0, 0.1) is 6.92 Å².